The van der Waals surface area contributed by atoms with Crippen molar-refractivity contribution in [2.45, 2.75) is 38.8 Å². The van der Waals surface area contributed by atoms with Gasteiger partial charge in [-0.3, -0.25) is 14.3 Å². The lowest BCUT2D eigenvalue weighted by Gasteiger charge is -2.36. The van der Waals surface area contributed by atoms with Crippen LogP contribution in [0.4, 0.5) is 10.2 Å². The minimum absolute atomic E-state index is 0.0603. The third kappa shape index (κ3) is 4.87. The Balaban J connectivity index is 1.49. The molecule has 32 heavy (non-hydrogen) atoms. The first kappa shape index (κ1) is 21.7. The maximum absolute atomic E-state index is 13.5. The predicted octanol–water partition coefficient (Wildman–Crippen LogP) is 2.26. The molecule has 0 aliphatic carbocycles. The summed E-state index contributed by atoms with van der Waals surface area (Å²) in [6.45, 7) is 3.34. The van der Waals surface area contributed by atoms with E-state index in [1.807, 2.05) is 6.92 Å². The van der Waals surface area contributed by atoms with Crippen molar-refractivity contribution >= 4 is 11.7 Å². The van der Waals surface area contributed by atoms with E-state index in [-0.39, 0.29) is 29.9 Å². The van der Waals surface area contributed by atoms with Gasteiger partial charge in [-0.25, -0.2) is 9.07 Å². The molecule has 8 nitrogen and oxygen atoms in total. The molecule has 0 saturated carbocycles. The smallest absolute Gasteiger partial charge is 0.271 e. The molecule has 9 heteroatoms. The zero-order valence-corrected chi connectivity index (χ0v) is 18.3. The molecule has 0 spiro atoms. The molecular formula is C23H27FN6O2. The van der Waals surface area contributed by atoms with Crippen LogP contribution in [-0.2, 0) is 13.6 Å². The number of amides is 1. The Morgan fingerprint density at radius 3 is 2.78 bits per heavy atom. The minimum Gasteiger partial charge on any atom is -0.350 e. The van der Waals surface area contributed by atoms with Crippen molar-refractivity contribution in [1.29, 1.82) is 0 Å². The lowest BCUT2D eigenvalue weighted by atomic mass is 10.0. The number of hydrogen-bond acceptors (Lipinski definition) is 5. The van der Waals surface area contributed by atoms with Crippen molar-refractivity contribution in [2.24, 2.45) is 7.05 Å². The number of carbonyl (C=O) groups is 1. The summed E-state index contributed by atoms with van der Waals surface area (Å²) in [6, 6.07) is 11.2. The number of anilines is 1. The Morgan fingerprint density at radius 1 is 1.19 bits per heavy atom. The summed E-state index contributed by atoms with van der Waals surface area (Å²) >= 11 is 0. The predicted molar refractivity (Wildman–Crippen MR) is 119 cm³/mol. The number of nitrogens with one attached hydrogen (secondary N) is 1. The van der Waals surface area contributed by atoms with Crippen LogP contribution in [0.1, 0.15) is 41.0 Å². The summed E-state index contributed by atoms with van der Waals surface area (Å²) in [5, 5.41) is 11.8. The van der Waals surface area contributed by atoms with E-state index in [9.17, 15) is 14.0 Å². The highest BCUT2D eigenvalue weighted by molar-refractivity contribution is 5.92. The Morgan fingerprint density at radius 2 is 2.03 bits per heavy atom. The number of rotatable bonds is 6. The summed E-state index contributed by atoms with van der Waals surface area (Å²) in [5.41, 5.74) is 1.74. The first-order valence-electron chi connectivity index (χ1n) is 10.8. The third-order valence-electron chi connectivity index (χ3n) is 5.84. The maximum atomic E-state index is 13.5. The molecule has 1 aromatic carbocycles. The Labute approximate surface area is 185 Å². The van der Waals surface area contributed by atoms with Crippen molar-refractivity contribution in [3.8, 4) is 0 Å². The van der Waals surface area contributed by atoms with Gasteiger partial charge in [-0.2, -0.15) is 10.2 Å². The first-order chi connectivity index (χ1) is 15.4. The van der Waals surface area contributed by atoms with E-state index < -0.39 is 0 Å². The summed E-state index contributed by atoms with van der Waals surface area (Å²) < 4.78 is 16.6. The molecular weight excluding hydrogens is 411 g/mol. The number of benzene rings is 1. The first-order valence-corrected chi connectivity index (χ1v) is 10.8. The largest absolute Gasteiger partial charge is 0.350 e. The monoisotopic (exact) mass is 438 g/mol. The van der Waals surface area contributed by atoms with Crippen LogP contribution in [-0.4, -0.2) is 44.6 Å². The molecule has 1 aliphatic rings. The van der Waals surface area contributed by atoms with Crippen LogP contribution in [0.3, 0.4) is 0 Å². The average Bonchev–Trinajstić information content (AvgIpc) is 3.12. The van der Waals surface area contributed by atoms with E-state index in [2.05, 4.69) is 20.4 Å². The van der Waals surface area contributed by atoms with Crippen molar-refractivity contribution in [3.05, 3.63) is 75.6 Å². The average molecular weight is 439 g/mol. The zero-order chi connectivity index (χ0) is 22.7. The summed E-state index contributed by atoms with van der Waals surface area (Å²) in [5.74, 6) is 0.124. The fourth-order valence-electron chi connectivity index (χ4n) is 4.00. The van der Waals surface area contributed by atoms with Crippen LogP contribution in [0.25, 0.3) is 0 Å². The quantitative estimate of drug-likeness (QED) is 0.638. The molecule has 1 N–H and O–H groups in total. The molecule has 1 unspecified atom stereocenters. The van der Waals surface area contributed by atoms with Gasteiger partial charge in [0.1, 0.15) is 17.3 Å². The maximum Gasteiger partial charge on any atom is 0.271 e. The number of carbonyl (C=O) groups excluding carboxylic acids is 1. The molecule has 1 atom stereocenters. The zero-order valence-electron chi connectivity index (χ0n) is 18.3. The molecule has 3 heterocycles. The highest BCUT2D eigenvalue weighted by Crippen LogP contribution is 2.22. The second-order valence-electron chi connectivity index (χ2n) is 8.16. The van der Waals surface area contributed by atoms with Gasteiger partial charge in [-0.15, -0.1) is 0 Å². The van der Waals surface area contributed by atoms with Crippen molar-refractivity contribution in [1.82, 2.24) is 24.9 Å². The van der Waals surface area contributed by atoms with Crippen LogP contribution in [0.5, 0.6) is 0 Å². The second-order valence-corrected chi connectivity index (χ2v) is 8.16. The van der Waals surface area contributed by atoms with Crippen molar-refractivity contribution in [2.75, 3.05) is 18.0 Å². The van der Waals surface area contributed by atoms with Gasteiger partial charge in [0.15, 0.2) is 0 Å². The number of hydrogen-bond donors (Lipinski definition) is 1. The summed E-state index contributed by atoms with van der Waals surface area (Å²) in [6.07, 6.45) is 2.98. The standard InChI is InChI=1S/C23H27FN6O2/c1-16-12-20(26-28(16)2)23(32)25-14-19-8-3-4-11-29(19)21-9-10-22(31)30(27-21)15-17-6-5-7-18(24)13-17/h5-7,9-10,12-13,19H,3-4,8,11,14-15H2,1-2H3,(H,25,32). The molecule has 4 rings (SSSR count). The summed E-state index contributed by atoms with van der Waals surface area (Å²) in [7, 11) is 1.80. The molecule has 1 fully saturated rings. The highest BCUT2D eigenvalue weighted by Gasteiger charge is 2.25. The van der Waals surface area contributed by atoms with Crippen LogP contribution >= 0.6 is 0 Å². The van der Waals surface area contributed by atoms with Gasteiger partial charge in [-0.1, -0.05) is 12.1 Å². The van der Waals surface area contributed by atoms with Crippen molar-refractivity contribution < 1.29 is 9.18 Å². The van der Waals surface area contributed by atoms with Crippen LogP contribution in [0.15, 0.2) is 47.3 Å². The van der Waals surface area contributed by atoms with Gasteiger partial charge in [0, 0.05) is 37.9 Å². The van der Waals surface area contributed by atoms with Gasteiger partial charge in [0.2, 0.25) is 0 Å². The highest BCUT2D eigenvalue weighted by atomic mass is 19.1. The normalized spacial score (nSPS) is 16.2. The van der Waals surface area contributed by atoms with Gasteiger partial charge in [-0.05, 0) is 56.0 Å². The Kier molecular flexibility index (Phi) is 6.34. The molecule has 168 valence electrons. The Bertz CT molecular complexity index is 1150. The van der Waals surface area contributed by atoms with Crippen LogP contribution < -0.4 is 15.8 Å². The number of piperidine rings is 1. The Hall–Kier alpha value is -3.49. The molecule has 2 aromatic heterocycles. The minimum atomic E-state index is -0.346. The van der Waals surface area contributed by atoms with E-state index >= 15 is 0 Å². The second kappa shape index (κ2) is 9.33. The molecule has 1 aliphatic heterocycles. The fourth-order valence-corrected chi connectivity index (χ4v) is 4.00. The molecule has 1 amide bonds. The van der Waals surface area contributed by atoms with E-state index in [1.54, 1.807) is 36.0 Å². The SMILES string of the molecule is Cc1cc(C(=O)NCC2CCCCN2c2ccc(=O)n(Cc3cccc(F)c3)n2)nn1C. The third-order valence-corrected chi connectivity index (χ3v) is 5.84. The van der Waals surface area contributed by atoms with Gasteiger partial charge in [0.05, 0.1) is 6.54 Å². The topological polar surface area (TPSA) is 85.1 Å². The molecule has 3 aromatic rings. The van der Waals surface area contributed by atoms with E-state index in [4.69, 9.17) is 0 Å². The molecule has 1 saturated heterocycles. The number of halogens is 1. The lowest BCUT2D eigenvalue weighted by molar-refractivity contribution is 0.0944. The van der Waals surface area contributed by atoms with Gasteiger partial charge in [0.25, 0.3) is 11.5 Å². The molecule has 0 bridgehead atoms. The number of aryl methyl sites for hydroxylation is 2. The summed E-state index contributed by atoms with van der Waals surface area (Å²) in [4.78, 5) is 27.0. The van der Waals surface area contributed by atoms with Crippen LogP contribution in [0, 0.1) is 12.7 Å². The van der Waals surface area contributed by atoms with E-state index in [0.717, 1.165) is 31.5 Å². The molecule has 0 radical (unpaired) electrons. The van der Waals surface area contributed by atoms with E-state index in [0.29, 0.717) is 23.6 Å². The van der Waals surface area contributed by atoms with E-state index in [1.165, 1.54) is 22.9 Å². The van der Waals surface area contributed by atoms with Gasteiger partial charge >= 0.3 is 0 Å². The van der Waals surface area contributed by atoms with Crippen LogP contribution in [0.2, 0.25) is 0 Å². The lowest BCUT2D eigenvalue weighted by Crippen LogP contribution is -2.47. The van der Waals surface area contributed by atoms with Crippen molar-refractivity contribution in [3.63, 3.8) is 0 Å². The number of nitrogens with zero attached hydrogens (tertiary/aromatic N) is 5. The number of aromatic nitrogens is 4. The van der Waals surface area contributed by atoms with Gasteiger partial charge < -0.3 is 10.2 Å². The fraction of sp³-hybridized carbons (Fsp3) is 0.391.